The minimum Gasteiger partial charge on any atom is -0.296 e. The lowest BCUT2D eigenvalue weighted by Gasteiger charge is -2.11. The van der Waals surface area contributed by atoms with Crippen LogP contribution < -0.4 is 0 Å². The third-order valence-electron chi connectivity index (χ3n) is 1.47. The van der Waals surface area contributed by atoms with Crippen molar-refractivity contribution in [1.29, 1.82) is 0 Å². The highest BCUT2D eigenvalue weighted by Crippen LogP contribution is 2.31. The van der Waals surface area contributed by atoms with Crippen LogP contribution in [-0.4, -0.2) is 27.5 Å². The first-order chi connectivity index (χ1) is 7.15. The molecule has 0 N–H and O–H groups in total. The molecule has 0 aliphatic rings. The van der Waals surface area contributed by atoms with Crippen molar-refractivity contribution in [2.45, 2.75) is 18.9 Å². The number of rotatable bonds is 2. The molecule has 1 rings (SSSR count). The Morgan fingerprint density at radius 3 is 2.12 bits per heavy atom. The van der Waals surface area contributed by atoms with E-state index in [-0.39, 0.29) is 6.29 Å². The lowest BCUT2D eigenvalue weighted by atomic mass is 10.3. The van der Waals surface area contributed by atoms with Gasteiger partial charge in [0.2, 0.25) is 0 Å². The van der Waals surface area contributed by atoms with Crippen molar-refractivity contribution in [2.24, 2.45) is 0 Å². The Balaban J connectivity index is 3.21. The number of nitrogens with zero attached hydrogens (tertiary/aromatic N) is 3. The number of alkyl halides is 6. The summed E-state index contributed by atoms with van der Waals surface area (Å²) in [6.07, 6.45) is -10.3. The standard InChI is InChI=1S/C6H3F6N3O/c7-5(8,9)2-15-4(6(10,11)12)3(1-16)13-14-15/h1H,2H2. The molecule has 0 atom stereocenters. The molecule has 4 nitrogen and oxygen atoms in total. The predicted molar refractivity (Wildman–Crippen MR) is 36.5 cm³/mol. The summed E-state index contributed by atoms with van der Waals surface area (Å²) in [5.41, 5.74) is -2.98. The van der Waals surface area contributed by atoms with Gasteiger partial charge in [0.1, 0.15) is 6.54 Å². The molecule has 0 fully saturated rings. The van der Waals surface area contributed by atoms with Crippen molar-refractivity contribution in [1.82, 2.24) is 15.0 Å². The SMILES string of the molecule is O=Cc1nnn(CC(F)(F)F)c1C(F)(F)F. The van der Waals surface area contributed by atoms with Gasteiger partial charge in [0.05, 0.1) is 0 Å². The van der Waals surface area contributed by atoms with Crippen molar-refractivity contribution >= 4 is 6.29 Å². The summed E-state index contributed by atoms with van der Waals surface area (Å²) in [6, 6.07) is 0. The zero-order chi connectivity index (χ0) is 12.6. The van der Waals surface area contributed by atoms with Gasteiger partial charge in [0.25, 0.3) is 0 Å². The molecule has 0 spiro atoms. The third kappa shape index (κ3) is 2.70. The van der Waals surface area contributed by atoms with E-state index in [2.05, 4.69) is 10.3 Å². The predicted octanol–water partition coefficient (Wildman–Crippen LogP) is 1.67. The largest absolute Gasteiger partial charge is 0.435 e. The van der Waals surface area contributed by atoms with Gasteiger partial charge in [0, 0.05) is 0 Å². The van der Waals surface area contributed by atoms with Crippen LogP contribution in [0.1, 0.15) is 16.2 Å². The molecule has 0 saturated heterocycles. The summed E-state index contributed by atoms with van der Waals surface area (Å²) in [7, 11) is 0. The van der Waals surface area contributed by atoms with Crippen molar-refractivity contribution in [3.05, 3.63) is 11.4 Å². The van der Waals surface area contributed by atoms with Crippen molar-refractivity contribution in [3.63, 3.8) is 0 Å². The molecule has 10 heteroatoms. The Bertz CT molecular complexity index is 392. The quantitative estimate of drug-likeness (QED) is 0.590. The van der Waals surface area contributed by atoms with Crippen molar-refractivity contribution in [3.8, 4) is 0 Å². The molecule has 0 aromatic carbocycles. The van der Waals surface area contributed by atoms with Crippen LogP contribution >= 0.6 is 0 Å². The van der Waals surface area contributed by atoms with Crippen LogP contribution in [0.2, 0.25) is 0 Å². The highest BCUT2D eigenvalue weighted by Gasteiger charge is 2.42. The number of aromatic nitrogens is 3. The lowest BCUT2D eigenvalue weighted by molar-refractivity contribution is -0.161. The summed E-state index contributed by atoms with van der Waals surface area (Å²) in [6.45, 7) is -1.96. The summed E-state index contributed by atoms with van der Waals surface area (Å²) < 4.78 is 72.1. The number of halogens is 6. The molecule has 90 valence electrons. The summed E-state index contributed by atoms with van der Waals surface area (Å²) >= 11 is 0. The van der Waals surface area contributed by atoms with Gasteiger partial charge in [-0.2, -0.15) is 26.3 Å². The maximum Gasteiger partial charge on any atom is 0.435 e. The molecule has 0 aliphatic carbocycles. The first-order valence-corrected chi connectivity index (χ1v) is 3.68. The van der Waals surface area contributed by atoms with Crippen LogP contribution in [0.15, 0.2) is 0 Å². The summed E-state index contributed by atoms with van der Waals surface area (Å²) in [5, 5.41) is 5.34. The Kier molecular flexibility index (Phi) is 2.93. The van der Waals surface area contributed by atoms with E-state index in [0.717, 1.165) is 0 Å². The normalized spacial score (nSPS) is 12.9. The molecule has 0 unspecified atom stereocenters. The van der Waals surface area contributed by atoms with E-state index in [1.165, 1.54) is 0 Å². The van der Waals surface area contributed by atoms with Gasteiger partial charge in [-0.1, -0.05) is 5.21 Å². The Hall–Kier alpha value is -1.61. The van der Waals surface area contributed by atoms with Crippen LogP contribution in [0.4, 0.5) is 26.3 Å². The lowest BCUT2D eigenvalue weighted by Crippen LogP contribution is -2.24. The van der Waals surface area contributed by atoms with Gasteiger partial charge in [-0.05, 0) is 0 Å². The molecule has 1 aromatic heterocycles. The highest BCUT2D eigenvalue weighted by atomic mass is 19.4. The average Bonchev–Trinajstić information content (AvgIpc) is 2.43. The first kappa shape index (κ1) is 12.5. The Morgan fingerprint density at radius 2 is 1.75 bits per heavy atom. The third-order valence-corrected chi connectivity index (χ3v) is 1.47. The minimum absolute atomic E-state index is 0.303. The van der Waals surface area contributed by atoms with Crippen molar-refractivity contribution in [2.75, 3.05) is 0 Å². The van der Waals surface area contributed by atoms with Gasteiger partial charge >= 0.3 is 12.4 Å². The molecule has 0 saturated carbocycles. The molecule has 0 radical (unpaired) electrons. The molecule has 0 amide bonds. The molecular formula is C6H3F6N3O. The van der Waals surface area contributed by atoms with E-state index in [9.17, 15) is 31.1 Å². The molecule has 0 bridgehead atoms. The fourth-order valence-corrected chi connectivity index (χ4v) is 0.978. The maximum absolute atomic E-state index is 12.3. The molecule has 0 aliphatic heterocycles. The van der Waals surface area contributed by atoms with Gasteiger partial charge in [-0.3, -0.25) is 4.79 Å². The smallest absolute Gasteiger partial charge is 0.296 e. The zero-order valence-corrected chi connectivity index (χ0v) is 7.30. The summed E-state index contributed by atoms with van der Waals surface area (Å²) in [4.78, 5) is 10.2. The second kappa shape index (κ2) is 3.76. The van der Waals surface area contributed by atoms with E-state index >= 15 is 0 Å². The number of hydrogen-bond acceptors (Lipinski definition) is 3. The van der Waals surface area contributed by atoms with Gasteiger partial charge < -0.3 is 0 Å². The van der Waals surface area contributed by atoms with E-state index in [0.29, 0.717) is 0 Å². The first-order valence-electron chi connectivity index (χ1n) is 3.68. The van der Waals surface area contributed by atoms with Crippen LogP contribution in [0.5, 0.6) is 0 Å². The second-order valence-electron chi connectivity index (χ2n) is 2.71. The number of carbonyl (C=O) groups is 1. The number of aldehydes is 1. The van der Waals surface area contributed by atoms with Crippen LogP contribution in [0, 0.1) is 0 Å². The molecule has 16 heavy (non-hydrogen) atoms. The van der Waals surface area contributed by atoms with Gasteiger partial charge in [-0.15, -0.1) is 5.10 Å². The number of hydrogen-bond donors (Lipinski definition) is 0. The fraction of sp³-hybridized carbons (Fsp3) is 0.500. The molecule has 1 aromatic rings. The second-order valence-corrected chi connectivity index (χ2v) is 2.71. The van der Waals surface area contributed by atoms with Crippen molar-refractivity contribution < 1.29 is 31.1 Å². The topological polar surface area (TPSA) is 47.8 Å². The Labute approximate surface area is 83.8 Å². The zero-order valence-electron chi connectivity index (χ0n) is 7.30. The summed E-state index contributed by atoms with van der Waals surface area (Å²) in [5.74, 6) is 0. The van der Waals surface area contributed by atoms with Gasteiger partial charge in [-0.25, -0.2) is 4.68 Å². The minimum atomic E-state index is -5.12. The Morgan fingerprint density at radius 1 is 1.19 bits per heavy atom. The van der Waals surface area contributed by atoms with E-state index in [1.54, 1.807) is 0 Å². The van der Waals surface area contributed by atoms with E-state index < -0.39 is 35.0 Å². The monoisotopic (exact) mass is 247 g/mol. The van der Waals surface area contributed by atoms with Crippen LogP contribution in [0.25, 0.3) is 0 Å². The van der Waals surface area contributed by atoms with E-state index in [4.69, 9.17) is 0 Å². The van der Waals surface area contributed by atoms with Crippen LogP contribution in [-0.2, 0) is 12.7 Å². The fourth-order valence-electron chi connectivity index (χ4n) is 0.978. The molecule has 1 heterocycles. The maximum atomic E-state index is 12.3. The van der Waals surface area contributed by atoms with Gasteiger partial charge in [0.15, 0.2) is 17.7 Å². The van der Waals surface area contributed by atoms with Crippen LogP contribution in [0.3, 0.4) is 0 Å². The number of carbonyl (C=O) groups excluding carboxylic acids is 1. The average molecular weight is 247 g/mol. The molecular weight excluding hydrogens is 244 g/mol. The highest BCUT2D eigenvalue weighted by molar-refractivity contribution is 5.73. The van der Waals surface area contributed by atoms with E-state index in [1.807, 2.05) is 0 Å².